The minimum atomic E-state index is -0.134. The number of methoxy groups -OCH3 is 2. The number of hydrogen-bond acceptors (Lipinski definition) is 4. The van der Waals surface area contributed by atoms with Gasteiger partial charge in [-0.1, -0.05) is 19.9 Å². The van der Waals surface area contributed by atoms with Gasteiger partial charge in [0.2, 0.25) is 5.91 Å². The standard InChI is InChI=1S/C16H26N2O3/c1-11(2)7-13(9-17)16(19)18-10-12-5-6-14(20-3)15(8-12)21-4/h5-6,8,11,13H,7,9-10,17H2,1-4H3,(H,18,19). The van der Waals surface area contributed by atoms with Crippen molar-refractivity contribution >= 4 is 5.91 Å². The Morgan fingerprint density at radius 2 is 1.90 bits per heavy atom. The minimum absolute atomic E-state index is 0.000912. The summed E-state index contributed by atoms with van der Waals surface area (Å²) in [5.74, 6) is 1.64. The zero-order chi connectivity index (χ0) is 15.8. The first-order chi connectivity index (χ1) is 10.0. The molecule has 0 saturated carbocycles. The van der Waals surface area contributed by atoms with Crippen molar-refractivity contribution in [2.24, 2.45) is 17.6 Å². The highest BCUT2D eigenvalue weighted by Gasteiger charge is 2.17. The molecule has 5 heteroatoms. The molecular formula is C16H26N2O3. The highest BCUT2D eigenvalue weighted by atomic mass is 16.5. The molecule has 1 rings (SSSR count). The molecule has 3 N–H and O–H groups in total. The van der Waals surface area contributed by atoms with E-state index in [1.807, 2.05) is 18.2 Å². The number of benzene rings is 1. The average Bonchev–Trinajstić information content (AvgIpc) is 2.49. The van der Waals surface area contributed by atoms with Gasteiger partial charge in [-0.25, -0.2) is 0 Å². The van der Waals surface area contributed by atoms with E-state index in [1.54, 1.807) is 14.2 Å². The number of amides is 1. The predicted molar refractivity (Wildman–Crippen MR) is 83.4 cm³/mol. The van der Waals surface area contributed by atoms with Gasteiger partial charge in [0, 0.05) is 13.1 Å². The van der Waals surface area contributed by atoms with E-state index in [4.69, 9.17) is 15.2 Å². The van der Waals surface area contributed by atoms with Crippen LogP contribution in [0.2, 0.25) is 0 Å². The number of carbonyl (C=O) groups excluding carboxylic acids is 1. The molecule has 0 saturated heterocycles. The molecule has 1 aromatic carbocycles. The normalized spacial score (nSPS) is 12.1. The molecular weight excluding hydrogens is 268 g/mol. The molecule has 0 aromatic heterocycles. The third kappa shape index (κ3) is 5.27. The number of carbonyl (C=O) groups is 1. The molecule has 1 aromatic rings. The van der Waals surface area contributed by atoms with Crippen molar-refractivity contribution in [3.63, 3.8) is 0 Å². The third-order valence-corrected chi connectivity index (χ3v) is 3.33. The van der Waals surface area contributed by atoms with Crippen molar-refractivity contribution in [3.05, 3.63) is 23.8 Å². The lowest BCUT2D eigenvalue weighted by Crippen LogP contribution is -2.35. The summed E-state index contributed by atoms with van der Waals surface area (Å²) >= 11 is 0. The van der Waals surface area contributed by atoms with Crippen LogP contribution < -0.4 is 20.5 Å². The largest absolute Gasteiger partial charge is 0.493 e. The van der Waals surface area contributed by atoms with Crippen LogP contribution in [-0.4, -0.2) is 26.7 Å². The van der Waals surface area contributed by atoms with Crippen LogP contribution in [0.4, 0.5) is 0 Å². The molecule has 1 atom stereocenters. The summed E-state index contributed by atoms with van der Waals surface area (Å²) in [7, 11) is 3.18. The van der Waals surface area contributed by atoms with Crippen LogP contribution in [0.1, 0.15) is 25.8 Å². The lowest BCUT2D eigenvalue weighted by Gasteiger charge is -2.17. The van der Waals surface area contributed by atoms with Crippen molar-refractivity contribution in [3.8, 4) is 11.5 Å². The molecule has 1 amide bonds. The average molecular weight is 294 g/mol. The molecule has 0 radical (unpaired) electrons. The Morgan fingerprint density at radius 3 is 2.43 bits per heavy atom. The van der Waals surface area contributed by atoms with Gasteiger partial charge in [-0.2, -0.15) is 0 Å². The van der Waals surface area contributed by atoms with Crippen LogP contribution in [0, 0.1) is 11.8 Å². The molecule has 0 fully saturated rings. The smallest absolute Gasteiger partial charge is 0.224 e. The quantitative estimate of drug-likeness (QED) is 0.768. The molecule has 21 heavy (non-hydrogen) atoms. The van der Waals surface area contributed by atoms with Crippen LogP contribution >= 0.6 is 0 Å². The highest BCUT2D eigenvalue weighted by Crippen LogP contribution is 2.27. The van der Waals surface area contributed by atoms with Crippen molar-refractivity contribution < 1.29 is 14.3 Å². The molecule has 0 bridgehead atoms. The van der Waals surface area contributed by atoms with Gasteiger partial charge in [0.15, 0.2) is 11.5 Å². The second-order valence-corrected chi connectivity index (χ2v) is 5.47. The third-order valence-electron chi connectivity index (χ3n) is 3.33. The van der Waals surface area contributed by atoms with E-state index in [0.717, 1.165) is 12.0 Å². The molecule has 0 spiro atoms. The maximum absolute atomic E-state index is 12.1. The van der Waals surface area contributed by atoms with Gasteiger partial charge >= 0.3 is 0 Å². The highest BCUT2D eigenvalue weighted by molar-refractivity contribution is 5.78. The molecule has 0 aliphatic rings. The molecule has 1 unspecified atom stereocenters. The van der Waals surface area contributed by atoms with E-state index in [9.17, 15) is 4.79 Å². The molecule has 118 valence electrons. The Kier molecular flexibility index (Phi) is 7.02. The van der Waals surface area contributed by atoms with E-state index in [0.29, 0.717) is 30.5 Å². The Balaban J connectivity index is 2.63. The summed E-state index contributed by atoms with van der Waals surface area (Å²) in [4.78, 5) is 12.1. The SMILES string of the molecule is COc1ccc(CNC(=O)C(CN)CC(C)C)cc1OC. The molecule has 0 heterocycles. The number of nitrogens with two attached hydrogens (primary N) is 1. The summed E-state index contributed by atoms with van der Waals surface area (Å²) in [6, 6.07) is 5.59. The van der Waals surface area contributed by atoms with Gasteiger partial charge in [-0.3, -0.25) is 4.79 Å². The van der Waals surface area contributed by atoms with Gasteiger partial charge in [-0.15, -0.1) is 0 Å². The van der Waals surface area contributed by atoms with Crippen molar-refractivity contribution in [1.82, 2.24) is 5.32 Å². The van der Waals surface area contributed by atoms with E-state index in [-0.39, 0.29) is 11.8 Å². The summed E-state index contributed by atoms with van der Waals surface area (Å²) in [6.07, 6.45) is 0.800. The number of nitrogens with one attached hydrogen (secondary N) is 1. The Bertz CT molecular complexity index is 461. The number of ether oxygens (including phenoxy) is 2. The Hall–Kier alpha value is -1.75. The first kappa shape index (κ1) is 17.3. The van der Waals surface area contributed by atoms with Gasteiger partial charge in [0.1, 0.15) is 0 Å². The summed E-state index contributed by atoms with van der Waals surface area (Å²) in [6.45, 7) is 5.00. The van der Waals surface area contributed by atoms with Crippen LogP contribution in [0.5, 0.6) is 11.5 Å². The van der Waals surface area contributed by atoms with E-state index in [2.05, 4.69) is 19.2 Å². The van der Waals surface area contributed by atoms with Crippen LogP contribution in [0.25, 0.3) is 0 Å². The maximum atomic E-state index is 12.1. The van der Waals surface area contributed by atoms with Gasteiger partial charge in [0.05, 0.1) is 20.1 Å². The Morgan fingerprint density at radius 1 is 1.24 bits per heavy atom. The first-order valence-electron chi connectivity index (χ1n) is 7.20. The van der Waals surface area contributed by atoms with E-state index < -0.39 is 0 Å². The van der Waals surface area contributed by atoms with E-state index >= 15 is 0 Å². The van der Waals surface area contributed by atoms with Gasteiger partial charge in [0.25, 0.3) is 0 Å². The molecule has 0 aliphatic carbocycles. The van der Waals surface area contributed by atoms with Crippen LogP contribution in [0.15, 0.2) is 18.2 Å². The summed E-state index contributed by atoms with van der Waals surface area (Å²) in [5.41, 5.74) is 6.64. The fourth-order valence-electron chi connectivity index (χ4n) is 2.20. The predicted octanol–water partition coefficient (Wildman–Crippen LogP) is 1.94. The van der Waals surface area contributed by atoms with Gasteiger partial charge in [-0.05, 0) is 30.0 Å². The topological polar surface area (TPSA) is 73.6 Å². The fraction of sp³-hybridized carbons (Fsp3) is 0.562. The zero-order valence-electron chi connectivity index (χ0n) is 13.3. The number of rotatable bonds is 8. The Labute approximate surface area is 126 Å². The first-order valence-corrected chi connectivity index (χ1v) is 7.20. The van der Waals surface area contributed by atoms with Gasteiger partial charge < -0.3 is 20.5 Å². The van der Waals surface area contributed by atoms with E-state index in [1.165, 1.54) is 0 Å². The fourth-order valence-corrected chi connectivity index (χ4v) is 2.20. The second-order valence-electron chi connectivity index (χ2n) is 5.47. The van der Waals surface area contributed by atoms with Crippen molar-refractivity contribution in [1.29, 1.82) is 0 Å². The van der Waals surface area contributed by atoms with Crippen molar-refractivity contribution in [2.75, 3.05) is 20.8 Å². The lowest BCUT2D eigenvalue weighted by molar-refractivity contribution is -0.125. The minimum Gasteiger partial charge on any atom is -0.493 e. The summed E-state index contributed by atoms with van der Waals surface area (Å²) in [5, 5.41) is 2.93. The van der Waals surface area contributed by atoms with Crippen molar-refractivity contribution in [2.45, 2.75) is 26.8 Å². The molecule has 0 aliphatic heterocycles. The molecule has 5 nitrogen and oxygen atoms in total. The summed E-state index contributed by atoms with van der Waals surface area (Å²) < 4.78 is 10.4. The van der Waals surface area contributed by atoms with Crippen LogP contribution in [0.3, 0.4) is 0 Å². The zero-order valence-corrected chi connectivity index (χ0v) is 13.3. The maximum Gasteiger partial charge on any atom is 0.224 e. The second kappa shape index (κ2) is 8.52. The van der Waals surface area contributed by atoms with Crippen LogP contribution in [-0.2, 0) is 11.3 Å². The number of hydrogen-bond donors (Lipinski definition) is 2. The monoisotopic (exact) mass is 294 g/mol. The lowest BCUT2D eigenvalue weighted by atomic mass is 9.96.